The van der Waals surface area contributed by atoms with E-state index < -0.39 is 0 Å². The Morgan fingerprint density at radius 2 is 2.16 bits per heavy atom. The molecule has 0 aliphatic heterocycles. The summed E-state index contributed by atoms with van der Waals surface area (Å²) in [5, 5.41) is 7.65. The van der Waals surface area contributed by atoms with Crippen LogP contribution in [0.15, 0.2) is 34.9 Å². The van der Waals surface area contributed by atoms with Crippen molar-refractivity contribution in [1.82, 2.24) is 14.6 Å². The Balaban J connectivity index is 1.76. The number of anilines is 1. The molecule has 0 aromatic carbocycles. The highest BCUT2D eigenvalue weighted by Crippen LogP contribution is 2.19. The molecule has 98 valence electrons. The summed E-state index contributed by atoms with van der Waals surface area (Å²) >= 11 is 5.30. The molecule has 0 atom stereocenters. The van der Waals surface area contributed by atoms with Gasteiger partial charge in [0, 0.05) is 16.0 Å². The summed E-state index contributed by atoms with van der Waals surface area (Å²) in [5.41, 5.74) is 0.824. The monoisotopic (exact) mass is 336 g/mol. The number of nitrogens with one attached hydrogen (secondary N) is 1. The Labute approximate surface area is 123 Å². The molecule has 0 radical (unpaired) electrons. The fourth-order valence-electron chi connectivity index (χ4n) is 1.82. The van der Waals surface area contributed by atoms with Crippen molar-refractivity contribution >= 4 is 38.9 Å². The van der Waals surface area contributed by atoms with Crippen LogP contribution in [-0.2, 0) is 13.0 Å². The van der Waals surface area contributed by atoms with E-state index in [0.29, 0.717) is 5.95 Å². The van der Waals surface area contributed by atoms with Gasteiger partial charge < -0.3 is 5.32 Å². The number of pyridine rings is 1. The molecule has 0 spiro atoms. The Morgan fingerprint density at radius 3 is 2.89 bits per heavy atom. The van der Waals surface area contributed by atoms with Crippen LogP contribution in [0.1, 0.15) is 16.7 Å². The van der Waals surface area contributed by atoms with Gasteiger partial charge in [0.15, 0.2) is 5.65 Å². The molecule has 3 rings (SSSR count). The molecule has 0 amide bonds. The predicted molar refractivity (Wildman–Crippen MR) is 81.7 cm³/mol. The van der Waals surface area contributed by atoms with Gasteiger partial charge in [-0.3, -0.25) is 0 Å². The number of aromatic nitrogens is 3. The quantitative estimate of drug-likeness (QED) is 0.789. The molecule has 3 heterocycles. The Bertz CT molecular complexity index is 704. The van der Waals surface area contributed by atoms with Crippen LogP contribution in [-0.4, -0.2) is 14.6 Å². The molecule has 0 bridgehead atoms. The Morgan fingerprint density at radius 1 is 1.32 bits per heavy atom. The molecule has 3 aromatic rings. The number of aryl methyl sites for hydroxylation is 1. The fraction of sp³-hybridized carbons (Fsp3) is 0.231. The molecule has 0 fully saturated rings. The normalized spacial score (nSPS) is 11.1. The number of rotatable bonds is 4. The van der Waals surface area contributed by atoms with Crippen molar-refractivity contribution < 1.29 is 0 Å². The highest BCUT2D eigenvalue weighted by Gasteiger charge is 2.06. The second-order valence-electron chi connectivity index (χ2n) is 4.13. The number of halogens is 1. The summed E-state index contributed by atoms with van der Waals surface area (Å²) in [4.78, 5) is 7.16. The number of nitrogens with zero attached hydrogens (tertiary/aromatic N) is 3. The van der Waals surface area contributed by atoms with Crippen molar-refractivity contribution in [1.29, 1.82) is 0 Å². The van der Waals surface area contributed by atoms with Gasteiger partial charge in [-0.25, -0.2) is 4.52 Å². The van der Waals surface area contributed by atoms with E-state index in [1.165, 1.54) is 9.75 Å². The van der Waals surface area contributed by atoms with Crippen molar-refractivity contribution in [2.75, 3.05) is 5.32 Å². The lowest BCUT2D eigenvalue weighted by Crippen LogP contribution is -1.99. The Kier molecular flexibility index (Phi) is 3.52. The molecule has 0 saturated heterocycles. The SMILES string of the molecule is CCc1ccc(CNc2nc3c(Br)cccn3n2)s1. The van der Waals surface area contributed by atoms with E-state index in [4.69, 9.17) is 0 Å². The van der Waals surface area contributed by atoms with Crippen LogP contribution in [0.3, 0.4) is 0 Å². The van der Waals surface area contributed by atoms with Gasteiger partial charge in [0.1, 0.15) is 0 Å². The van der Waals surface area contributed by atoms with E-state index in [0.717, 1.165) is 23.1 Å². The lowest BCUT2D eigenvalue weighted by atomic mass is 10.4. The molecule has 0 unspecified atom stereocenters. The third-order valence-corrected chi connectivity index (χ3v) is 4.65. The van der Waals surface area contributed by atoms with Gasteiger partial charge in [-0.2, -0.15) is 4.98 Å². The zero-order chi connectivity index (χ0) is 13.2. The third-order valence-electron chi connectivity index (χ3n) is 2.80. The van der Waals surface area contributed by atoms with Crippen molar-refractivity contribution in [3.63, 3.8) is 0 Å². The molecule has 1 N–H and O–H groups in total. The maximum atomic E-state index is 4.45. The molecule has 3 aromatic heterocycles. The van der Waals surface area contributed by atoms with Gasteiger partial charge in [0.25, 0.3) is 0 Å². The molecule has 6 heteroatoms. The zero-order valence-electron chi connectivity index (χ0n) is 10.4. The Hall–Kier alpha value is -1.40. The van der Waals surface area contributed by atoms with Crippen LogP contribution in [0.25, 0.3) is 5.65 Å². The van der Waals surface area contributed by atoms with Crippen LogP contribution < -0.4 is 5.32 Å². The second kappa shape index (κ2) is 5.30. The fourth-order valence-corrected chi connectivity index (χ4v) is 3.14. The van der Waals surface area contributed by atoms with Gasteiger partial charge in [0.05, 0.1) is 11.0 Å². The second-order valence-corrected chi connectivity index (χ2v) is 6.24. The lowest BCUT2D eigenvalue weighted by molar-refractivity contribution is 0.950. The van der Waals surface area contributed by atoms with Gasteiger partial charge in [-0.1, -0.05) is 6.92 Å². The summed E-state index contributed by atoms with van der Waals surface area (Å²) in [5.74, 6) is 0.651. The van der Waals surface area contributed by atoms with Crippen molar-refractivity contribution in [3.8, 4) is 0 Å². The number of hydrogen-bond donors (Lipinski definition) is 1. The minimum absolute atomic E-state index is 0.651. The van der Waals surface area contributed by atoms with Crippen LogP contribution in [0, 0.1) is 0 Å². The van der Waals surface area contributed by atoms with E-state index in [1.807, 2.05) is 29.7 Å². The summed E-state index contributed by atoms with van der Waals surface area (Å²) in [6, 6.07) is 8.22. The lowest BCUT2D eigenvalue weighted by Gasteiger charge is -1.97. The first-order valence-electron chi connectivity index (χ1n) is 6.08. The molecule has 4 nitrogen and oxygen atoms in total. The van der Waals surface area contributed by atoms with Crippen molar-refractivity contribution in [2.24, 2.45) is 0 Å². The number of hydrogen-bond acceptors (Lipinski definition) is 4. The van der Waals surface area contributed by atoms with Gasteiger partial charge in [0.2, 0.25) is 5.95 Å². The summed E-state index contributed by atoms with van der Waals surface area (Å²) in [7, 11) is 0. The van der Waals surface area contributed by atoms with Crippen molar-refractivity contribution in [3.05, 3.63) is 44.7 Å². The first kappa shape index (κ1) is 12.6. The zero-order valence-corrected chi connectivity index (χ0v) is 12.8. The van der Waals surface area contributed by atoms with E-state index in [9.17, 15) is 0 Å². The van der Waals surface area contributed by atoms with E-state index in [-0.39, 0.29) is 0 Å². The third kappa shape index (κ3) is 2.64. The maximum absolute atomic E-state index is 4.45. The van der Waals surface area contributed by atoms with Gasteiger partial charge in [-0.05, 0) is 46.6 Å². The highest BCUT2D eigenvalue weighted by atomic mass is 79.9. The largest absolute Gasteiger partial charge is 0.348 e. The van der Waals surface area contributed by atoms with Crippen LogP contribution >= 0.6 is 27.3 Å². The standard InChI is InChI=1S/C13H13BrN4S/c1-2-9-5-6-10(19-9)8-15-13-16-12-11(14)4-3-7-18(12)17-13/h3-7H,2,8H2,1H3,(H,15,17). The van der Waals surface area contributed by atoms with Crippen LogP contribution in [0.4, 0.5) is 5.95 Å². The molecule has 0 aliphatic rings. The molecule has 0 aliphatic carbocycles. The van der Waals surface area contributed by atoms with Crippen molar-refractivity contribution in [2.45, 2.75) is 19.9 Å². The minimum atomic E-state index is 0.651. The van der Waals surface area contributed by atoms with E-state index in [1.54, 1.807) is 4.52 Å². The van der Waals surface area contributed by atoms with E-state index in [2.05, 4.69) is 50.4 Å². The molecular formula is C13H13BrN4S. The highest BCUT2D eigenvalue weighted by molar-refractivity contribution is 9.10. The smallest absolute Gasteiger partial charge is 0.243 e. The molecule has 0 saturated carbocycles. The summed E-state index contributed by atoms with van der Waals surface area (Å²) < 4.78 is 2.71. The number of fused-ring (bicyclic) bond motifs is 1. The topological polar surface area (TPSA) is 42.2 Å². The maximum Gasteiger partial charge on any atom is 0.243 e. The van der Waals surface area contributed by atoms with Gasteiger partial charge >= 0.3 is 0 Å². The summed E-state index contributed by atoms with van der Waals surface area (Å²) in [6.07, 6.45) is 2.98. The number of thiophene rings is 1. The van der Waals surface area contributed by atoms with Crippen LogP contribution in [0.5, 0.6) is 0 Å². The van der Waals surface area contributed by atoms with E-state index >= 15 is 0 Å². The first-order chi connectivity index (χ1) is 9.26. The molecule has 19 heavy (non-hydrogen) atoms. The summed E-state index contributed by atoms with van der Waals surface area (Å²) in [6.45, 7) is 2.93. The average molecular weight is 337 g/mol. The minimum Gasteiger partial charge on any atom is -0.348 e. The average Bonchev–Trinajstić information content (AvgIpc) is 3.03. The van der Waals surface area contributed by atoms with Crippen LogP contribution in [0.2, 0.25) is 0 Å². The predicted octanol–water partition coefficient (Wildman–Crippen LogP) is 3.73. The molecular weight excluding hydrogens is 324 g/mol. The van der Waals surface area contributed by atoms with Gasteiger partial charge in [-0.15, -0.1) is 16.4 Å². The first-order valence-corrected chi connectivity index (χ1v) is 7.69.